The van der Waals surface area contributed by atoms with Crippen molar-refractivity contribution >= 4 is 34.8 Å². The molecule has 1 aromatic carbocycles. The van der Waals surface area contributed by atoms with Crippen LogP contribution in [0.15, 0.2) is 24.3 Å². The number of likely N-dealkylation sites (tertiary alicyclic amines) is 2. The lowest BCUT2D eigenvalue weighted by Crippen LogP contribution is -2.51. The summed E-state index contributed by atoms with van der Waals surface area (Å²) in [5.74, 6) is 0.864. The fraction of sp³-hybridized carbons (Fsp3) is 0.560. The number of benzene rings is 1. The first-order valence-corrected chi connectivity index (χ1v) is 12.9. The standard InChI is InChI=1S/C25H32ClN3O3S/c1-18-23(33-19(2)27-18)24(31)29-13-7-10-25(16-29,15-22(30)28-11-4-3-5-12-28)17-32-21-9-6-8-20(26)14-21/h6,8-9,14H,3-5,7,10-13,15-17H2,1-2H3/t25-/m0/s1. The molecule has 4 rings (SSSR count). The molecule has 33 heavy (non-hydrogen) atoms. The molecule has 0 bridgehead atoms. The molecule has 2 fully saturated rings. The molecule has 2 aliphatic rings. The number of piperidine rings is 2. The van der Waals surface area contributed by atoms with Gasteiger partial charge in [-0.15, -0.1) is 11.3 Å². The van der Waals surface area contributed by atoms with Crippen LogP contribution in [-0.2, 0) is 4.79 Å². The van der Waals surface area contributed by atoms with Crippen molar-refractivity contribution in [2.45, 2.75) is 52.4 Å². The number of thiazole rings is 1. The second kappa shape index (κ2) is 10.4. The molecule has 0 N–H and O–H groups in total. The molecular weight excluding hydrogens is 458 g/mol. The van der Waals surface area contributed by atoms with E-state index in [2.05, 4.69) is 4.98 Å². The molecule has 0 saturated carbocycles. The summed E-state index contributed by atoms with van der Waals surface area (Å²) in [6, 6.07) is 7.33. The van der Waals surface area contributed by atoms with Gasteiger partial charge in [-0.25, -0.2) is 4.98 Å². The third-order valence-corrected chi connectivity index (χ3v) is 7.92. The Labute approximate surface area is 204 Å². The monoisotopic (exact) mass is 489 g/mol. The minimum atomic E-state index is -0.432. The Morgan fingerprint density at radius 1 is 1.12 bits per heavy atom. The first kappa shape index (κ1) is 24.0. The maximum absolute atomic E-state index is 13.4. The molecular formula is C25H32ClN3O3S. The normalized spacial score (nSPS) is 21.2. The minimum Gasteiger partial charge on any atom is -0.493 e. The second-order valence-electron chi connectivity index (χ2n) is 9.34. The van der Waals surface area contributed by atoms with E-state index in [1.165, 1.54) is 17.8 Å². The van der Waals surface area contributed by atoms with Crippen LogP contribution in [0.4, 0.5) is 0 Å². The number of hydrogen-bond acceptors (Lipinski definition) is 5. The second-order valence-corrected chi connectivity index (χ2v) is 11.0. The fourth-order valence-electron chi connectivity index (χ4n) is 4.94. The summed E-state index contributed by atoms with van der Waals surface area (Å²) in [7, 11) is 0. The van der Waals surface area contributed by atoms with E-state index in [0.717, 1.165) is 49.5 Å². The summed E-state index contributed by atoms with van der Waals surface area (Å²) in [6.45, 7) is 7.02. The summed E-state index contributed by atoms with van der Waals surface area (Å²) >= 11 is 7.58. The van der Waals surface area contributed by atoms with Crippen LogP contribution in [0.2, 0.25) is 5.02 Å². The summed E-state index contributed by atoms with van der Waals surface area (Å²) < 4.78 is 6.18. The first-order valence-electron chi connectivity index (χ1n) is 11.7. The molecule has 8 heteroatoms. The zero-order valence-electron chi connectivity index (χ0n) is 19.4. The van der Waals surface area contributed by atoms with Gasteiger partial charge in [-0.1, -0.05) is 17.7 Å². The van der Waals surface area contributed by atoms with E-state index in [0.29, 0.717) is 41.8 Å². The Hall–Kier alpha value is -2.12. The molecule has 2 aliphatic heterocycles. The van der Waals surface area contributed by atoms with Crippen LogP contribution >= 0.6 is 22.9 Å². The molecule has 2 amide bonds. The van der Waals surface area contributed by atoms with Crippen LogP contribution in [0.3, 0.4) is 0 Å². The summed E-state index contributed by atoms with van der Waals surface area (Å²) in [5, 5.41) is 1.51. The summed E-state index contributed by atoms with van der Waals surface area (Å²) in [4.78, 5) is 35.7. The predicted octanol–water partition coefficient (Wildman–Crippen LogP) is 5.12. The largest absolute Gasteiger partial charge is 0.493 e. The highest BCUT2D eigenvalue weighted by Gasteiger charge is 2.41. The van der Waals surface area contributed by atoms with Gasteiger partial charge < -0.3 is 14.5 Å². The SMILES string of the molecule is Cc1nc(C)c(C(=O)N2CCC[C@](COc3cccc(Cl)c3)(CC(=O)N3CCCCC3)C2)s1. The minimum absolute atomic E-state index is 0.00959. The van der Waals surface area contributed by atoms with Gasteiger partial charge in [0, 0.05) is 43.0 Å². The van der Waals surface area contributed by atoms with E-state index in [1.54, 1.807) is 6.07 Å². The predicted molar refractivity (Wildman–Crippen MR) is 131 cm³/mol. The van der Waals surface area contributed by atoms with E-state index in [1.807, 2.05) is 41.8 Å². The molecule has 0 unspecified atom stereocenters. The number of hydrogen-bond donors (Lipinski definition) is 0. The molecule has 1 aromatic heterocycles. The molecule has 2 saturated heterocycles. The third kappa shape index (κ3) is 5.87. The lowest BCUT2D eigenvalue weighted by atomic mass is 9.77. The Kier molecular flexibility index (Phi) is 7.59. The number of carbonyl (C=O) groups is 2. The smallest absolute Gasteiger partial charge is 0.265 e. The molecule has 0 aliphatic carbocycles. The van der Waals surface area contributed by atoms with Crippen LogP contribution in [0.5, 0.6) is 5.75 Å². The first-order chi connectivity index (χ1) is 15.8. The van der Waals surface area contributed by atoms with Crippen molar-refractivity contribution in [1.82, 2.24) is 14.8 Å². The van der Waals surface area contributed by atoms with Crippen molar-refractivity contribution in [3.63, 3.8) is 0 Å². The van der Waals surface area contributed by atoms with E-state index in [9.17, 15) is 9.59 Å². The van der Waals surface area contributed by atoms with Crippen molar-refractivity contribution < 1.29 is 14.3 Å². The Morgan fingerprint density at radius 3 is 2.58 bits per heavy atom. The van der Waals surface area contributed by atoms with Gasteiger partial charge in [0.25, 0.3) is 5.91 Å². The van der Waals surface area contributed by atoms with E-state index in [-0.39, 0.29) is 11.8 Å². The zero-order valence-corrected chi connectivity index (χ0v) is 21.0. The quantitative estimate of drug-likeness (QED) is 0.565. The average Bonchev–Trinajstić information content (AvgIpc) is 3.16. The number of rotatable bonds is 6. The van der Waals surface area contributed by atoms with E-state index in [4.69, 9.17) is 16.3 Å². The zero-order chi connectivity index (χ0) is 23.4. The summed E-state index contributed by atoms with van der Waals surface area (Å²) in [6.07, 6.45) is 5.38. The van der Waals surface area contributed by atoms with Crippen LogP contribution in [-0.4, -0.2) is 59.4 Å². The number of carbonyl (C=O) groups excluding carboxylic acids is 2. The molecule has 0 radical (unpaired) electrons. The van der Waals surface area contributed by atoms with Crippen molar-refractivity contribution in [3.05, 3.63) is 44.9 Å². The Balaban J connectivity index is 1.54. The number of nitrogens with zero attached hydrogens (tertiary/aromatic N) is 3. The van der Waals surface area contributed by atoms with Crippen LogP contribution < -0.4 is 4.74 Å². The fourth-order valence-corrected chi connectivity index (χ4v) is 6.00. The van der Waals surface area contributed by atoms with E-state index >= 15 is 0 Å². The van der Waals surface area contributed by atoms with Crippen LogP contribution in [0.1, 0.15) is 58.9 Å². The summed E-state index contributed by atoms with van der Waals surface area (Å²) in [5.41, 5.74) is 0.344. The van der Waals surface area contributed by atoms with Crippen molar-refractivity contribution in [3.8, 4) is 5.75 Å². The van der Waals surface area contributed by atoms with Gasteiger partial charge in [-0.05, 0) is 64.2 Å². The van der Waals surface area contributed by atoms with Crippen molar-refractivity contribution in [2.75, 3.05) is 32.8 Å². The number of ether oxygens (including phenoxy) is 1. The van der Waals surface area contributed by atoms with Gasteiger partial charge in [0.2, 0.25) is 5.91 Å². The number of halogens is 1. The van der Waals surface area contributed by atoms with Gasteiger partial charge in [0.05, 0.1) is 17.3 Å². The number of amides is 2. The molecule has 1 atom stereocenters. The Bertz CT molecular complexity index is 1000. The lowest BCUT2D eigenvalue weighted by molar-refractivity contribution is -0.136. The molecule has 2 aromatic rings. The maximum atomic E-state index is 13.4. The number of aromatic nitrogens is 1. The van der Waals surface area contributed by atoms with Crippen LogP contribution in [0, 0.1) is 19.3 Å². The van der Waals surface area contributed by atoms with Crippen molar-refractivity contribution in [1.29, 1.82) is 0 Å². The molecule has 3 heterocycles. The van der Waals surface area contributed by atoms with Gasteiger partial charge in [-0.3, -0.25) is 9.59 Å². The van der Waals surface area contributed by atoms with Crippen molar-refractivity contribution in [2.24, 2.45) is 5.41 Å². The Morgan fingerprint density at radius 2 is 1.88 bits per heavy atom. The highest BCUT2D eigenvalue weighted by molar-refractivity contribution is 7.13. The lowest BCUT2D eigenvalue weighted by Gasteiger charge is -2.43. The van der Waals surface area contributed by atoms with Gasteiger partial charge in [0.1, 0.15) is 10.6 Å². The van der Waals surface area contributed by atoms with Crippen LogP contribution in [0.25, 0.3) is 0 Å². The molecule has 0 spiro atoms. The van der Waals surface area contributed by atoms with Gasteiger partial charge in [0.15, 0.2) is 0 Å². The molecule has 178 valence electrons. The third-order valence-electron chi connectivity index (χ3n) is 6.62. The molecule has 6 nitrogen and oxygen atoms in total. The highest BCUT2D eigenvalue weighted by atomic mass is 35.5. The van der Waals surface area contributed by atoms with Gasteiger partial charge in [-0.2, -0.15) is 0 Å². The van der Waals surface area contributed by atoms with E-state index < -0.39 is 5.41 Å². The van der Waals surface area contributed by atoms with Gasteiger partial charge >= 0.3 is 0 Å². The number of aryl methyl sites for hydroxylation is 2. The topological polar surface area (TPSA) is 62.7 Å². The average molecular weight is 490 g/mol. The maximum Gasteiger partial charge on any atom is 0.265 e. The highest BCUT2D eigenvalue weighted by Crippen LogP contribution is 2.37.